The van der Waals surface area contributed by atoms with E-state index in [1.807, 2.05) is 0 Å². The van der Waals surface area contributed by atoms with E-state index >= 15 is 0 Å². The number of carbonyl (C=O) groups excluding carboxylic acids is 3. The molecule has 2 unspecified atom stereocenters. The predicted octanol–water partition coefficient (Wildman–Crippen LogP) is 2.08. The second-order valence-electron chi connectivity index (χ2n) is 6.95. The summed E-state index contributed by atoms with van der Waals surface area (Å²) in [4.78, 5) is 35.8. The van der Waals surface area contributed by atoms with Gasteiger partial charge in [0.15, 0.2) is 0 Å². The highest BCUT2D eigenvalue weighted by Crippen LogP contribution is 2.33. The first-order valence-electron chi connectivity index (χ1n) is 8.41. The van der Waals surface area contributed by atoms with Crippen molar-refractivity contribution in [1.82, 2.24) is 10.2 Å². The summed E-state index contributed by atoms with van der Waals surface area (Å²) < 4.78 is 15.9. The van der Waals surface area contributed by atoms with E-state index in [1.165, 1.54) is 18.1 Å². The number of nitrogens with one attached hydrogen (secondary N) is 1. The zero-order valence-corrected chi connectivity index (χ0v) is 17.0. The van der Waals surface area contributed by atoms with Gasteiger partial charge in [0.25, 0.3) is 0 Å². The van der Waals surface area contributed by atoms with E-state index in [2.05, 4.69) is 24.1 Å². The average molecular weight is 391 g/mol. The van der Waals surface area contributed by atoms with E-state index in [9.17, 15) is 14.4 Å². The van der Waals surface area contributed by atoms with Crippen molar-refractivity contribution in [2.45, 2.75) is 32.1 Å². The van der Waals surface area contributed by atoms with Crippen molar-refractivity contribution in [3.8, 4) is 0 Å². The molecule has 2 amide bonds. The number of hydrogen-bond donors (Lipinski definition) is 1. The van der Waals surface area contributed by atoms with Gasteiger partial charge in [-0.1, -0.05) is 0 Å². The van der Waals surface area contributed by atoms with Crippen molar-refractivity contribution >= 4 is 28.5 Å². The van der Waals surface area contributed by atoms with Crippen LogP contribution in [0.5, 0.6) is 0 Å². The van der Waals surface area contributed by atoms with Gasteiger partial charge in [-0.05, 0) is 38.5 Å². The summed E-state index contributed by atoms with van der Waals surface area (Å²) in [6.07, 6.45) is 8.22. The number of urea groups is 1. The Morgan fingerprint density at radius 3 is 2.54 bits per heavy atom. The first kappa shape index (κ1) is 22.3. The summed E-state index contributed by atoms with van der Waals surface area (Å²) in [7, 11) is 0.783. The molecule has 0 saturated carbocycles. The molecule has 0 aromatic carbocycles. The van der Waals surface area contributed by atoms with E-state index in [4.69, 9.17) is 14.2 Å². The second kappa shape index (κ2) is 10.4. The van der Waals surface area contributed by atoms with Gasteiger partial charge >= 0.3 is 12.2 Å². The topological polar surface area (TPSA) is 94.2 Å². The molecule has 150 valence electrons. The number of aldehydes is 1. The average Bonchev–Trinajstić information content (AvgIpc) is 3.04. The van der Waals surface area contributed by atoms with Crippen molar-refractivity contribution < 1.29 is 28.6 Å². The standard InChI is InChI=1S/C17H30N2O6S/c1-13(11-20)10-19(16(21)18-2)15-7-6-14(25-15)12-24-17(22)23-8-9-26(3,4)5/h10-11,14-15H,6-9,12H2,1-5H3,(H,18,21)/b13-10-. The number of nitrogens with zero attached hydrogens (tertiary/aromatic N) is 1. The van der Waals surface area contributed by atoms with Gasteiger partial charge in [-0.25, -0.2) is 19.6 Å². The SMILES string of the molecule is CNC(=O)N(/C=C(/C)C=O)C1CCC(COC(=O)OCCS(C)(C)C)O1. The summed E-state index contributed by atoms with van der Waals surface area (Å²) in [5, 5.41) is 2.51. The molecule has 9 heteroatoms. The molecule has 1 rings (SSSR count). The van der Waals surface area contributed by atoms with Crippen LogP contribution >= 0.6 is 10.0 Å². The minimum Gasteiger partial charge on any atom is -0.433 e. The number of allylic oxidation sites excluding steroid dienone is 1. The molecule has 0 spiro atoms. The van der Waals surface area contributed by atoms with Crippen molar-refractivity contribution in [3.05, 3.63) is 11.8 Å². The molecule has 2 atom stereocenters. The van der Waals surface area contributed by atoms with E-state index in [1.54, 1.807) is 6.92 Å². The molecule has 8 nitrogen and oxygen atoms in total. The van der Waals surface area contributed by atoms with E-state index in [0.29, 0.717) is 31.3 Å². The number of ether oxygens (including phenoxy) is 3. The van der Waals surface area contributed by atoms with Gasteiger partial charge in [-0.2, -0.15) is 0 Å². The molecule has 0 aliphatic carbocycles. The van der Waals surface area contributed by atoms with Crippen LogP contribution in [0.4, 0.5) is 9.59 Å². The maximum atomic E-state index is 12.0. The maximum absolute atomic E-state index is 12.0. The highest BCUT2D eigenvalue weighted by molar-refractivity contribution is 8.32. The first-order valence-corrected chi connectivity index (χ1v) is 11.4. The lowest BCUT2D eigenvalue weighted by molar-refractivity contribution is -0.105. The van der Waals surface area contributed by atoms with Gasteiger partial charge in [-0.15, -0.1) is 0 Å². The molecule has 0 aromatic rings. The Labute approximate surface area is 156 Å². The minimum absolute atomic E-state index is 0.0651. The fourth-order valence-electron chi connectivity index (χ4n) is 2.24. The zero-order valence-electron chi connectivity index (χ0n) is 16.1. The molecule has 26 heavy (non-hydrogen) atoms. The number of carbonyl (C=O) groups is 3. The molecule has 0 aromatic heterocycles. The summed E-state index contributed by atoms with van der Waals surface area (Å²) in [6, 6.07) is -0.373. The van der Waals surface area contributed by atoms with Crippen LogP contribution in [0.3, 0.4) is 0 Å². The third kappa shape index (κ3) is 8.09. The van der Waals surface area contributed by atoms with Crippen molar-refractivity contribution in [1.29, 1.82) is 0 Å². The highest BCUT2D eigenvalue weighted by atomic mass is 32.3. The minimum atomic E-state index is -0.721. The van der Waals surface area contributed by atoms with Gasteiger partial charge in [0.05, 0.1) is 6.10 Å². The van der Waals surface area contributed by atoms with Gasteiger partial charge in [0.1, 0.15) is 25.7 Å². The summed E-state index contributed by atoms with van der Waals surface area (Å²) in [6.45, 7) is 2.01. The highest BCUT2D eigenvalue weighted by Gasteiger charge is 2.32. The van der Waals surface area contributed by atoms with Gasteiger partial charge in [0.2, 0.25) is 0 Å². The fourth-order valence-corrected chi connectivity index (χ4v) is 2.83. The van der Waals surface area contributed by atoms with Crippen LogP contribution in [0.1, 0.15) is 19.8 Å². The van der Waals surface area contributed by atoms with Crippen LogP contribution in [0.15, 0.2) is 11.8 Å². The lowest BCUT2D eigenvalue weighted by atomic mass is 10.2. The maximum Gasteiger partial charge on any atom is 0.508 e. The van der Waals surface area contributed by atoms with Crippen LogP contribution < -0.4 is 5.32 Å². The molecule has 1 N–H and O–H groups in total. The largest absolute Gasteiger partial charge is 0.508 e. The Hall–Kier alpha value is -1.74. The molecule has 1 saturated heterocycles. The molecule has 1 aliphatic heterocycles. The molecule has 1 aliphatic rings. The third-order valence-electron chi connectivity index (χ3n) is 3.68. The Morgan fingerprint density at radius 1 is 1.27 bits per heavy atom. The van der Waals surface area contributed by atoms with Crippen LogP contribution in [-0.2, 0) is 19.0 Å². The van der Waals surface area contributed by atoms with Gasteiger partial charge in [0, 0.05) is 24.6 Å². The lowest BCUT2D eigenvalue weighted by Crippen LogP contribution is -2.42. The molecule has 0 radical (unpaired) electrons. The van der Waals surface area contributed by atoms with Crippen molar-refractivity contribution in [2.24, 2.45) is 0 Å². The quantitative estimate of drug-likeness (QED) is 0.387. The summed E-state index contributed by atoms with van der Waals surface area (Å²) >= 11 is 0. The first-order chi connectivity index (χ1) is 12.2. The third-order valence-corrected chi connectivity index (χ3v) is 5.07. The smallest absolute Gasteiger partial charge is 0.433 e. The monoisotopic (exact) mass is 390 g/mol. The molecular formula is C17H30N2O6S. The summed E-state index contributed by atoms with van der Waals surface area (Å²) in [5.41, 5.74) is 0.404. The number of rotatable bonds is 8. The summed E-state index contributed by atoms with van der Waals surface area (Å²) in [5.74, 6) is 0.827. The van der Waals surface area contributed by atoms with E-state index < -0.39 is 22.4 Å². The molecular weight excluding hydrogens is 360 g/mol. The zero-order chi connectivity index (χ0) is 19.7. The predicted molar refractivity (Wildman–Crippen MR) is 102 cm³/mol. The number of amides is 2. The van der Waals surface area contributed by atoms with Gasteiger partial charge < -0.3 is 19.5 Å². The van der Waals surface area contributed by atoms with Crippen LogP contribution in [-0.4, -0.2) is 80.5 Å². The van der Waals surface area contributed by atoms with E-state index in [-0.39, 0.29) is 18.7 Å². The fraction of sp³-hybridized carbons (Fsp3) is 0.706. The van der Waals surface area contributed by atoms with Crippen LogP contribution in [0, 0.1) is 0 Å². The van der Waals surface area contributed by atoms with Gasteiger partial charge in [-0.3, -0.25) is 9.69 Å². The lowest BCUT2D eigenvalue weighted by Gasteiger charge is -2.25. The molecule has 1 fully saturated rings. The number of hydrogen-bond acceptors (Lipinski definition) is 6. The van der Waals surface area contributed by atoms with Crippen LogP contribution in [0.25, 0.3) is 0 Å². The Kier molecular flexibility index (Phi) is 8.94. The van der Waals surface area contributed by atoms with E-state index in [0.717, 1.165) is 5.75 Å². The Morgan fingerprint density at radius 2 is 1.96 bits per heavy atom. The molecule has 0 bridgehead atoms. The Bertz CT molecular complexity index is 532. The van der Waals surface area contributed by atoms with Crippen molar-refractivity contribution in [2.75, 3.05) is 44.8 Å². The van der Waals surface area contributed by atoms with Crippen LogP contribution in [0.2, 0.25) is 0 Å². The normalized spacial score (nSPS) is 21.0. The van der Waals surface area contributed by atoms with Crippen molar-refractivity contribution in [3.63, 3.8) is 0 Å². The molecule has 1 heterocycles. The second-order valence-corrected chi connectivity index (χ2v) is 11.5. The Balaban J connectivity index is 2.45.